The summed E-state index contributed by atoms with van der Waals surface area (Å²) in [5.74, 6) is -2.02. The van der Waals surface area contributed by atoms with Gasteiger partial charge >= 0.3 is 0 Å². The van der Waals surface area contributed by atoms with Crippen LogP contribution in [0.15, 0.2) is 60.9 Å². The van der Waals surface area contributed by atoms with Crippen LogP contribution in [0.1, 0.15) is 25.0 Å². The Kier molecular flexibility index (Phi) is 11.8. The van der Waals surface area contributed by atoms with Gasteiger partial charge in [0.25, 0.3) is 0 Å². The molecule has 286 valence electrons. The molecule has 0 saturated carbocycles. The first kappa shape index (κ1) is 38.5. The van der Waals surface area contributed by atoms with Crippen molar-refractivity contribution in [1.29, 1.82) is 0 Å². The van der Waals surface area contributed by atoms with Crippen LogP contribution >= 0.6 is 23.2 Å². The average molecular weight is 795 g/mol. The quantitative estimate of drug-likeness (QED) is 0.126. The van der Waals surface area contributed by atoms with E-state index in [0.717, 1.165) is 54.0 Å². The highest BCUT2D eigenvalue weighted by Crippen LogP contribution is 2.40. The second-order valence-electron chi connectivity index (χ2n) is 12.9. The highest BCUT2D eigenvalue weighted by atomic mass is 35.5. The first-order chi connectivity index (χ1) is 26.7. The zero-order valence-electron chi connectivity index (χ0n) is 30.1. The topological polar surface area (TPSA) is 88.5 Å². The Bertz CT molecular complexity index is 2340. The minimum Gasteiger partial charge on any atom is -0.378 e. The molecule has 2 fully saturated rings. The lowest BCUT2D eigenvalue weighted by Gasteiger charge is -2.32. The predicted molar refractivity (Wildman–Crippen MR) is 209 cm³/mol. The number of fused-ring (bicyclic) bond motifs is 2. The van der Waals surface area contributed by atoms with Gasteiger partial charge in [0.2, 0.25) is 0 Å². The molecule has 0 spiro atoms. The Balaban J connectivity index is 0.000000243. The summed E-state index contributed by atoms with van der Waals surface area (Å²) in [6, 6.07) is 11.7. The van der Waals surface area contributed by atoms with Crippen LogP contribution in [0.2, 0.25) is 10.2 Å². The van der Waals surface area contributed by atoms with Gasteiger partial charge in [-0.25, -0.2) is 32.5 Å². The summed E-state index contributed by atoms with van der Waals surface area (Å²) in [5, 5.41) is 4.29. The number of benzene rings is 2. The number of hydrogen-bond acceptors (Lipinski definition) is 9. The summed E-state index contributed by atoms with van der Waals surface area (Å²) in [7, 11) is 0. The first-order valence-electron chi connectivity index (χ1n) is 17.9. The highest BCUT2D eigenvalue weighted by Gasteiger charge is 2.24. The number of hydrogen-bond donors (Lipinski definition) is 1. The number of rotatable bonds is 7. The molecular formula is C40H37Cl2F4N7O2. The number of morpholine rings is 2. The smallest absolute Gasteiger partial charge is 0.152 e. The minimum atomic E-state index is -0.723. The van der Waals surface area contributed by atoms with Crippen LogP contribution < -0.4 is 15.1 Å². The molecule has 2 aliphatic rings. The van der Waals surface area contributed by atoms with Crippen LogP contribution in [0.5, 0.6) is 0 Å². The molecule has 0 unspecified atom stereocenters. The summed E-state index contributed by atoms with van der Waals surface area (Å²) in [6.07, 6.45) is 4.66. The van der Waals surface area contributed by atoms with Gasteiger partial charge in [0.15, 0.2) is 5.82 Å². The van der Waals surface area contributed by atoms with E-state index >= 15 is 4.39 Å². The number of anilines is 4. The van der Waals surface area contributed by atoms with Crippen molar-refractivity contribution in [2.24, 2.45) is 0 Å². The second-order valence-corrected chi connectivity index (χ2v) is 13.6. The Hall–Kier alpha value is -4.82. The third-order valence-corrected chi connectivity index (χ3v) is 10.2. The van der Waals surface area contributed by atoms with Gasteiger partial charge in [0.1, 0.15) is 28.4 Å². The van der Waals surface area contributed by atoms with Crippen LogP contribution in [0.4, 0.5) is 40.4 Å². The molecule has 0 radical (unpaired) electrons. The minimum absolute atomic E-state index is 0.115. The van der Waals surface area contributed by atoms with E-state index in [1.54, 1.807) is 6.20 Å². The molecular weight excluding hydrogens is 757 g/mol. The predicted octanol–water partition coefficient (Wildman–Crippen LogP) is 9.33. The molecule has 0 bridgehead atoms. The number of aromatic nitrogens is 4. The Morgan fingerprint density at radius 1 is 0.727 bits per heavy atom. The standard InChI is InChI=1S/C29H30F2N6O2.C11H7Cl2F2N/c1-2-21-27(23-5-3-4-6-32-23)34-24-16-19(30)15-22(31)26(24)28(21)35-25-17-20(36-7-11-38-12-8-36)18-33-29(25)37-9-13-39-14-10-37;1-2-6-10(12)9-7(15)3-5(14)4-8(9)16-11(6)13/h3-6,15-18H,2,7-14H2,1H3,(H,34,35);3-4H,2H2,1H3. The van der Waals surface area contributed by atoms with Gasteiger partial charge in [-0.15, -0.1) is 0 Å². The summed E-state index contributed by atoms with van der Waals surface area (Å²) in [4.78, 5) is 22.4. The zero-order chi connectivity index (χ0) is 38.6. The molecule has 0 aliphatic carbocycles. The van der Waals surface area contributed by atoms with E-state index < -0.39 is 23.3 Å². The summed E-state index contributed by atoms with van der Waals surface area (Å²) in [6.45, 7) is 9.22. The Labute approximate surface area is 325 Å². The van der Waals surface area contributed by atoms with Crippen LogP contribution in [0.25, 0.3) is 33.2 Å². The molecule has 2 saturated heterocycles. The van der Waals surface area contributed by atoms with Crippen LogP contribution in [0.3, 0.4) is 0 Å². The van der Waals surface area contributed by atoms with E-state index in [1.807, 2.05) is 38.2 Å². The van der Waals surface area contributed by atoms with Crippen molar-refractivity contribution in [3.63, 3.8) is 0 Å². The summed E-state index contributed by atoms with van der Waals surface area (Å²) < 4.78 is 67.5. The van der Waals surface area contributed by atoms with Gasteiger partial charge in [-0.3, -0.25) is 4.98 Å². The Morgan fingerprint density at radius 3 is 1.96 bits per heavy atom. The van der Waals surface area contributed by atoms with Crippen molar-refractivity contribution >= 4 is 67.9 Å². The van der Waals surface area contributed by atoms with Crippen LogP contribution in [-0.4, -0.2) is 72.5 Å². The maximum Gasteiger partial charge on any atom is 0.152 e. The van der Waals surface area contributed by atoms with E-state index in [9.17, 15) is 13.2 Å². The molecule has 55 heavy (non-hydrogen) atoms. The van der Waals surface area contributed by atoms with E-state index in [0.29, 0.717) is 75.0 Å². The maximum atomic E-state index is 15.5. The number of nitrogens with one attached hydrogen (secondary N) is 1. The fourth-order valence-corrected chi connectivity index (χ4v) is 7.60. The van der Waals surface area contributed by atoms with Gasteiger partial charge in [-0.05, 0) is 31.0 Å². The third-order valence-electron chi connectivity index (χ3n) is 9.50. The largest absolute Gasteiger partial charge is 0.378 e. The molecule has 6 heterocycles. The lowest BCUT2D eigenvalue weighted by atomic mass is 10.0. The number of nitrogens with zero attached hydrogens (tertiary/aromatic N) is 6. The molecule has 0 amide bonds. The molecule has 9 nitrogen and oxygen atoms in total. The SMILES string of the molecule is CCc1c(-c2ccccn2)nc2cc(F)cc(F)c2c1Nc1cc(N2CCOCC2)cnc1N1CCOCC1.CCc1c(Cl)nc2cc(F)cc(F)c2c1Cl. The molecule has 2 aromatic carbocycles. The van der Waals surface area contributed by atoms with Crippen molar-refractivity contribution in [2.75, 3.05) is 67.7 Å². The van der Waals surface area contributed by atoms with E-state index in [-0.39, 0.29) is 32.0 Å². The molecule has 6 aromatic rings. The molecule has 15 heteroatoms. The summed E-state index contributed by atoms with van der Waals surface area (Å²) in [5.41, 5.74) is 5.15. The molecule has 1 N–H and O–H groups in total. The van der Waals surface area contributed by atoms with Gasteiger partial charge in [-0.1, -0.05) is 43.1 Å². The molecule has 8 rings (SSSR count). The number of ether oxygens (including phenoxy) is 2. The monoisotopic (exact) mass is 793 g/mol. The number of halogens is 6. The van der Waals surface area contributed by atoms with Crippen molar-refractivity contribution in [3.05, 3.63) is 105 Å². The van der Waals surface area contributed by atoms with Crippen LogP contribution in [0, 0.1) is 23.3 Å². The normalized spacial score (nSPS) is 14.6. The first-order valence-corrected chi connectivity index (χ1v) is 18.7. The van der Waals surface area contributed by atoms with Crippen molar-refractivity contribution in [2.45, 2.75) is 26.7 Å². The highest BCUT2D eigenvalue weighted by molar-refractivity contribution is 6.39. The fraction of sp³-hybridized carbons (Fsp3) is 0.300. The van der Waals surface area contributed by atoms with E-state index in [4.69, 9.17) is 42.6 Å². The third kappa shape index (κ3) is 8.11. The second kappa shape index (κ2) is 16.9. The number of pyridine rings is 4. The van der Waals surface area contributed by atoms with Crippen molar-refractivity contribution in [1.82, 2.24) is 19.9 Å². The zero-order valence-corrected chi connectivity index (χ0v) is 31.6. The van der Waals surface area contributed by atoms with Crippen molar-refractivity contribution in [3.8, 4) is 11.4 Å². The molecule has 2 aliphatic heterocycles. The maximum absolute atomic E-state index is 15.5. The van der Waals surface area contributed by atoms with Gasteiger partial charge in [-0.2, -0.15) is 0 Å². The average Bonchev–Trinajstić information content (AvgIpc) is 3.18. The molecule has 0 atom stereocenters. The van der Waals surface area contributed by atoms with Gasteiger partial charge in [0.05, 0.1) is 87.9 Å². The molecule has 4 aromatic heterocycles. The lowest BCUT2D eigenvalue weighted by Crippen LogP contribution is -2.38. The Morgan fingerprint density at radius 2 is 1.35 bits per heavy atom. The lowest BCUT2D eigenvalue weighted by molar-refractivity contribution is 0.122. The summed E-state index contributed by atoms with van der Waals surface area (Å²) >= 11 is 11.9. The van der Waals surface area contributed by atoms with Gasteiger partial charge in [0, 0.05) is 67.8 Å². The fourth-order valence-electron chi connectivity index (χ4n) is 6.83. The van der Waals surface area contributed by atoms with E-state index in [2.05, 4.69) is 31.2 Å². The van der Waals surface area contributed by atoms with Gasteiger partial charge < -0.3 is 24.6 Å². The van der Waals surface area contributed by atoms with Crippen LogP contribution in [-0.2, 0) is 22.3 Å². The van der Waals surface area contributed by atoms with Crippen molar-refractivity contribution < 1.29 is 27.0 Å². The van der Waals surface area contributed by atoms with E-state index in [1.165, 1.54) is 6.07 Å².